The Hall–Kier alpha value is -3.22. The van der Waals surface area contributed by atoms with E-state index >= 15 is 0 Å². The van der Waals surface area contributed by atoms with Crippen molar-refractivity contribution in [3.05, 3.63) is 63.7 Å². The minimum absolute atomic E-state index is 0.0454. The number of para-hydroxylation sites is 1. The fourth-order valence-corrected chi connectivity index (χ4v) is 4.19. The highest BCUT2D eigenvalue weighted by Crippen LogP contribution is 2.33. The van der Waals surface area contributed by atoms with Crippen LogP contribution in [0.1, 0.15) is 36.8 Å². The van der Waals surface area contributed by atoms with Gasteiger partial charge in [0.15, 0.2) is 0 Å². The lowest BCUT2D eigenvalue weighted by Gasteiger charge is -2.26. The van der Waals surface area contributed by atoms with E-state index in [1.165, 1.54) is 10.7 Å². The highest BCUT2D eigenvalue weighted by Gasteiger charge is 2.34. The molecular weight excluding hydrogens is 366 g/mol. The zero-order valence-corrected chi connectivity index (χ0v) is 17.4. The van der Waals surface area contributed by atoms with E-state index in [0.717, 1.165) is 34.6 Å². The summed E-state index contributed by atoms with van der Waals surface area (Å²) in [5, 5.41) is 8.99. The molecule has 7 heteroatoms. The quantitative estimate of drug-likeness (QED) is 0.688. The Morgan fingerprint density at radius 3 is 2.55 bits per heavy atom. The zero-order chi connectivity index (χ0) is 20.9. The van der Waals surface area contributed by atoms with Crippen LogP contribution in [0.25, 0.3) is 11.3 Å². The third-order valence-electron chi connectivity index (χ3n) is 5.76. The standard InChI is InChI=1S/C22H25N5O2/c1-13-12-17-8-6-7-9-19(17)26(13)22(29)16(4)27-20(28)11-10-18(24-27)21-14(2)23-25(5)15(21)3/h6-11,13,16H,12H2,1-5H3/t13-,16-/m0/s1. The van der Waals surface area contributed by atoms with E-state index in [1.807, 2.05) is 52.1 Å². The number of benzene rings is 1. The van der Waals surface area contributed by atoms with Gasteiger partial charge in [-0.3, -0.25) is 14.3 Å². The number of carbonyl (C=O) groups is 1. The summed E-state index contributed by atoms with van der Waals surface area (Å²) in [6.45, 7) is 7.64. The Morgan fingerprint density at radius 2 is 1.86 bits per heavy atom. The molecule has 2 atom stereocenters. The van der Waals surface area contributed by atoms with Crippen LogP contribution in [0.15, 0.2) is 41.2 Å². The van der Waals surface area contributed by atoms with Gasteiger partial charge in [-0.25, -0.2) is 4.68 Å². The molecule has 1 amide bonds. The van der Waals surface area contributed by atoms with Crippen molar-refractivity contribution < 1.29 is 4.79 Å². The molecule has 3 aromatic rings. The van der Waals surface area contributed by atoms with Gasteiger partial charge in [0.25, 0.3) is 11.5 Å². The lowest BCUT2D eigenvalue weighted by atomic mass is 10.1. The minimum atomic E-state index is -0.715. The van der Waals surface area contributed by atoms with Gasteiger partial charge < -0.3 is 4.90 Å². The van der Waals surface area contributed by atoms with Crippen molar-refractivity contribution in [2.24, 2.45) is 7.05 Å². The Bertz CT molecular complexity index is 1160. The summed E-state index contributed by atoms with van der Waals surface area (Å²) in [7, 11) is 1.88. The lowest BCUT2D eigenvalue weighted by Crippen LogP contribution is -2.42. The first-order valence-electron chi connectivity index (χ1n) is 9.81. The third kappa shape index (κ3) is 3.06. The summed E-state index contributed by atoms with van der Waals surface area (Å²) in [5.74, 6) is -0.131. The summed E-state index contributed by atoms with van der Waals surface area (Å²) in [4.78, 5) is 27.7. The third-order valence-corrected chi connectivity index (χ3v) is 5.76. The number of amides is 1. The van der Waals surface area contributed by atoms with Gasteiger partial charge in [-0.05, 0) is 51.8 Å². The van der Waals surface area contributed by atoms with Crippen molar-refractivity contribution in [1.82, 2.24) is 19.6 Å². The molecule has 0 spiro atoms. The fourth-order valence-electron chi connectivity index (χ4n) is 4.19. The smallest absolute Gasteiger partial charge is 0.267 e. The average Bonchev–Trinajstić information content (AvgIpc) is 3.16. The number of hydrogen-bond acceptors (Lipinski definition) is 4. The summed E-state index contributed by atoms with van der Waals surface area (Å²) >= 11 is 0. The average molecular weight is 391 g/mol. The summed E-state index contributed by atoms with van der Waals surface area (Å²) in [6.07, 6.45) is 0.811. The highest BCUT2D eigenvalue weighted by atomic mass is 16.2. The van der Waals surface area contributed by atoms with E-state index in [1.54, 1.807) is 22.6 Å². The molecule has 0 saturated heterocycles. The van der Waals surface area contributed by atoms with Crippen LogP contribution in [0.2, 0.25) is 0 Å². The van der Waals surface area contributed by atoms with Crippen LogP contribution in [0.3, 0.4) is 0 Å². The molecule has 7 nitrogen and oxygen atoms in total. The molecule has 4 rings (SSSR count). The van der Waals surface area contributed by atoms with Gasteiger partial charge in [0.05, 0.1) is 11.4 Å². The SMILES string of the molecule is Cc1nn(C)c(C)c1-c1ccc(=O)n([C@@H](C)C(=O)N2c3ccccc3C[C@@H]2C)n1. The maximum absolute atomic E-state index is 13.4. The molecule has 0 radical (unpaired) electrons. The van der Waals surface area contributed by atoms with Crippen LogP contribution in [0.4, 0.5) is 5.69 Å². The summed E-state index contributed by atoms with van der Waals surface area (Å²) in [6, 6.07) is 10.4. The van der Waals surface area contributed by atoms with Crippen molar-refractivity contribution >= 4 is 11.6 Å². The van der Waals surface area contributed by atoms with Crippen molar-refractivity contribution in [2.75, 3.05) is 4.90 Å². The minimum Gasteiger partial charge on any atom is -0.307 e. The van der Waals surface area contributed by atoms with Crippen LogP contribution in [-0.4, -0.2) is 31.5 Å². The largest absolute Gasteiger partial charge is 0.307 e. The van der Waals surface area contributed by atoms with E-state index in [4.69, 9.17) is 0 Å². The Labute approximate surface area is 169 Å². The van der Waals surface area contributed by atoms with Crippen molar-refractivity contribution in [2.45, 2.75) is 46.2 Å². The molecule has 0 aliphatic carbocycles. The maximum atomic E-state index is 13.4. The van der Waals surface area contributed by atoms with Crippen molar-refractivity contribution in [1.29, 1.82) is 0 Å². The number of rotatable bonds is 3. The van der Waals surface area contributed by atoms with Gasteiger partial charge in [-0.2, -0.15) is 10.2 Å². The second-order valence-corrected chi connectivity index (χ2v) is 7.74. The maximum Gasteiger partial charge on any atom is 0.267 e. The second-order valence-electron chi connectivity index (χ2n) is 7.74. The second kappa shape index (κ2) is 6.99. The molecule has 29 heavy (non-hydrogen) atoms. The predicted octanol–water partition coefficient (Wildman–Crippen LogP) is 2.80. The molecule has 150 valence electrons. The lowest BCUT2D eigenvalue weighted by molar-refractivity contribution is -0.121. The summed E-state index contributed by atoms with van der Waals surface area (Å²) < 4.78 is 3.08. The van der Waals surface area contributed by atoms with E-state index in [2.05, 4.69) is 10.2 Å². The van der Waals surface area contributed by atoms with Crippen LogP contribution in [0, 0.1) is 13.8 Å². The zero-order valence-electron chi connectivity index (χ0n) is 17.4. The Kier molecular flexibility index (Phi) is 4.61. The molecule has 3 heterocycles. The number of nitrogens with zero attached hydrogens (tertiary/aromatic N) is 5. The first kappa shape index (κ1) is 19.1. The van der Waals surface area contributed by atoms with Crippen molar-refractivity contribution in [3.8, 4) is 11.3 Å². The number of carbonyl (C=O) groups excluding carboxylic acids is 1. The molecule has 0 unspecified atom stereocenters. The molecule has 0 saturated carbocycles. The molecule has 1 aliphatic heterocycles. The molecule has 0 N–H and O–H groups in total. The van der Waals surface area contributed by atoms with Gasteiger partial charge in [-0.1, -0.05) is 18.2 Å². The van der Waals surface area contributed by atoms with E-state index in [0.29, 0.717) is 5.69 Å². The van der Waals surface area contributed by atoms with Crippen LogP contribution < -0.4 is 10.5 Å². The number of aromatic nitrogens is 4. The summed E-state index contributed by atoms with van der Waals surface area (Å²) in [5.41, 5.74) is 5.10. The van der Waals surface area contributed by atoms with Crippen LogP contribution in [0.5, 0.6) is 0 Å². The normalized spacial score (nSPS) is 16.7. The van der Waals surface area contributed by atoms with Gasteiger partial charge in [0, 0.05) is 36.1 Å². The molecule has 1 aromatic carbocycles. The van der Waals surface area contributed by atoms with Crippen LogP contribution >= 0.6 is 0 Å². The number of aryl methyl sites for hydroxylation is 2. The molecule has 1 aliphatic rings. The van der Waals surface area contributed by atoms with Gasteiger partial charge in [0.1, 0.15) is 6.04 Å². The van der Waals surface area contributed by atoms with Crippen molar-refractivity contribution in [3.63, 3.8) is 0 Å². The van der Waals surface area contributed by atoms with Gasteiger partial charge >= 0.3 is 0 Å². The highest BCUT2D eigenvalue weighted by molar-refractivity contribution is 5.98. The first-order valence-corrected chi connectivity index (χ1v) is 9.81. The fraction of sp³-hybridized carbons (Fsp3) is 0.364. The number of fused-ring (bicyclic) bond motifs is 1. The molecular formula is C22H25N5O2. The first-order chi connectivity index (χ1) is 13.8. The van der Waals surface area contributed by atoms with Gasteiger partial charge in [-0.15, -0.1) is 0 Å². The molecule has 0 bridgehead atoms. The van der Waals surface area contributed by atoms with E-state index in [-0.39, 0.29) is 17.5 Å². The molecule has 0 fully saturated rings. The van der Waals surface area contributed by atoms with E-state index < -0.39 is 6.04 Å². The number of hydrogen-bond donors (Lipinski definition) is 0. The van der Waals surface area contributed by atoms with E-state index in [9.17, 15) is 9.59 Å². The van der Waals surface area contributed by atoms with Gasteiger partial charge in [0.2, 0.25) is 0 Å². The predicted molar refractivity (Wildman–Crippen MR) is 112 cm³/mol. The molecule has 2 aromatic heterocycles. The Balaban J connectivity index is 1.73. The monoisotopic (exact) mass is 391 g/mol. The number of anilines is 1. The Morgan fingerprint density at radius 1 is 1.14 bits per heavy atom. The van der Waals surface area contributed by atoms with Crippen LogP contribution in [-0.2, 0) is 18.3 Å². The topological polar surface area (TPSA) is 73.0 Å².